The fraction of sp³-hybridized carbons (Fsp3) is 0.190. The Morgan fingerprint density at radius 2 is 1.03 bits per heavy atom. The lowest BCUT2D eigenvalue weighted by Gasteiger charge is -2.42. The molecule has 0 aliphatic heterocycles. The number of aromatic nitrogens is 4. The van der Waals surface area contributed by atoms with Gasteiger partial charge in [-0.3, -0.25) is 0 Å². The van der Waals surface area contributed by atoms with Crippen LogP contribution in [0, 0.1) is 0 Å². The quantitative estimate of drug-likeness (QED) is 0.178. The van der Waals surface area contributed by atoms with Gasteiger partial charge in [0.25, 0.3) is 0 Å². The number of nitrogens with zero attached hydrogens (tertiary/aromatic N) is 4. The van der Waals surface area contributed by atoms with Crippen molar-refractivity contribution in [3.05, 3.63) is 180 Å². The summed E-state index contributed by atoms with van der Waals surface area (Å²) < 4.78 is 2.50. The van der Waals surface area contributed by atoms with E-state index in [2.05, 4.69) is 204 Å². The Bertz CT molecular complexity index is 3510. The zero-order chi connectivity index (χ0) is 42.1. The Morgan fingerprint density at radius 3 is 1.84 bits per heavy atom. The molecule has 2 aliphatic carbocycles. The van der Waals surface area contributed by atoms with E-state index in [9.17, 15) is 0 Å². The van der Waals surface area contributed by atoms with Gasteiger partial charge in [-0.1, -0.05) is 169 Å². The number of benzene rings is 8. The van der Waals surface area contributed by atoms with E-state index in [0.717, 1.165) is 34.2 Å². The summed E-state index contributed by atoms with van der Waals surface area (Å²) in [6, 6.07) is 57.7. The molecule has 4 heteroatoms. The summed E-state index contributed by atoms with van der Waals surface area (Å²) >= 11 is 0. The monoisotopic (exact) mass is 800 g/mol. The Morgan fingerprint density at radius 1 is 0.419 bits per heavy atom. The molecule has 10 aromatic rings. The second-order valence-corrected chi connectivity index (χ2v) is 19.5. The topological polar surface area (TPSA) is 43.6 Å². The first kappa shape index (κ1) is 36.9. The van der Waals surface area contributed by atoms with Gasteiger partial charge in [-0.15, -0.1) is 0 Å². The van der Waals surface area contributed by atoms with Crippen LogP contribution in [0.4, 0.5) is 0 Å². The highest BCUT2D eigenvalue weighted by molar-refractivity contribution is 6.19. The highest BCUT2D eigenvalue weighted by Crippen LogP contribution is 2.52. The van der Waals surface area contributed by atoms with E-state index in [4.69, 9.17) is 15.0 Å². The third-order valence-electron chi connectivity index (χ3n) is 14.5. The van der Waals surface area contributed by atoms with Crippen LogP contribution in [0.3, 0.4) is 0 Å². The molecule has 300 valence electrons. The third-order valence-corrected chi connectivity index (χ3v) is 14.5. The van der Waals surface area contributed by atoms with Gasteiger partial charge in [0, 0.05) is 44.0 Å². The predicted molar refractivity (Wildman–Crippen MR) is 258 cm³/mol. The fourth-order valence-corrected chi connectivity index (χ4v) is 10.9. The molecule has 0 amide bonds. The molecule has 0 N–H and O–H groups in total. The van der Waals surface area contributed by atoms with Gasteiger partial charge in [0.15, 0.2) is 17.5 Å². The molecule has 2 heterocycles. The molecule has 0 saturated carbocycles. The molecule has 0 unspecified atom stereocenters. The van der Waals surface area contributed by atoms with Gasteiger partial charge >= 0.3 is 0 Å². The van der Waals surface area contributed by atoms with E-state index in [1.54, 1.807) is 0 Å². The first-order valence-corrected chi connectivity index (χ1v) is 22.1. The molecule has 0 fully saturated rings. The summed E-state index contributed by atoms with van der Waals surface area (Å²) in [7, 11) is 0. The highest BCUT2D eigenvalue weighted by atomic mass is 15.0. The molecule has 0 saturated heterocycles. The Hall–Kier alpha value is -6.91. The molecule has 8 aromatic carbocycles. The molecule has 0 spiro atoms. The van der Waals surface area contributed by atoms with Crippen LogP contribution < -0.4 is 0 Å². The van der Waals surface area contributed by atoms with Gasteiger partial charge in [-0.2, -0.15) is 0 Å². The molecular weight excluding hydrogens is 753 g/mol. The molecule has 2 aliphatic rings. The minimum atomic E-state index is -0.149. The van der Waals surface area contributed by atoms with Crippen molar-refractivity contribution in [2.24, 2.45) is 0 Å². The van der Waals surface area contributed by atoms with Crippen LogP contribution in [0.5, 0.6) is 0 Å². The van der Waals surface area contributed by atoms with Crippen molar-refractivity contribution in [3.63, 3.8) is 0 Å². The predicted octanol–water partition coefficient (Wildman–Crippen LogP) is 14.9. The number of hydrogen-bond donors (Lipinski definition) is 0. The van der Waals surface area contributed by atoms with Gasteiger partial charge < -0.3 is 4.57 Å². The van der Waals surface area contributed by atoms with E-state index in [1.807, 2.05) is 0 Å². The van der Waals surface area contributed by atoms with Crippen LogP contribution in [0.2, 0.25) is 0 Å². The summed E-state index contributed by atoms with van der Waals surface area (Å²) in [6.07, 6.45) is 2.33. The van der Waals surface area contributed by atoms with Gasteiger partial charge in [0.2, 0.25) is 0 Å². The van der Waals surface area contributed by atoms with E-state index in [1.165, 1.54) is 77.8 Å². The maximum atomic E-state index is 5.42. The van der Waals surface area contributed by atoms with Gasteiger partial charge in [-0.05, 0) is 104 Å². The van der Waals surface area contributed by atoms with Crippen LogP contribution in [-0.2, 0) is 16.2 Å². The second kappa shape index (κ2) is 13.0. The Kier molecular flexibility index (Phi) is 7.77. The zero-order valence-corrected chi connectivity index (χ0v) is 36.2. The van der Waals surface area contributed by atoms with Crippen molar-refractivity contribution in [2.45, 2.75) is 70.6 Å². The summed E-state index contributed by atoms with van der Waals surface area (Å²) in [6.45, 7) is 14.3. The zero-order valence-electron chi connectivity index (χ0n) is 36.2. The third kappa shape index (κ3) is 5.42. The van der Waals surface area contributed by atoms with Gasteiger partial charge in [-0.25, -0.2) is 15.0 Å². The maximum absolute atomic E-state index is 5.42. The van der Waals surface area contributed by atoms with Crippen molar-refractivity contribution in [3.8, 4) is 51.0 Å². The first-order valence-electron chi connectivity index (χ1n) is 22.1. The molecule has 0 radical (unpaired) electrons. The minimum Gasteiger partial charge on any atom is -0.309 e. The fourth-order valence-electron chi connectivity index (χ4n) is 10.9. The number of rotatable bonds is 4. The molecular formula is C58H48N4. The van der Waals surface area contributed by atoms with Crippen molar-refractivity contribution < 1.29 is 0 Å². The maximum Gasteiger partial charge on any atom is 0.164 e. The summed E-state index contributed by atoms with van der Waals surface area (Å²) in [5.74, 6) is 1.98. The van der Waals surface area contributed by atoms with Gasteiger partial charge in [0.1, 0.15) is 0 Å². The standard InChI is InChI=1S/C58H48N4/c1-56(2)29-30-57(3,4)49-34-50-45(33-48(49)56)42-28-27-36-16-9-10-20-41(36)52(42)62(50)40-19-13-18-38(32-40)53-59-54(39-26-25-35-15-7-8-17-37(35)31-39)61-55(60-53)44-22-14-24-47-51(44)43-21-11-12-23-46(43)58(47,5)6/h7-28,31-34H,29-30H2,1-6H3. The lowest BCUT2D eigenvalue weighted by atomic mass is 9.63. The lowest BCUT2D eigenvalue weighted by Crippen LogP contribution is -2.33. The largest absolute Gasteiger partial charge is 0.309 e. The lowest BCUT2D eigenvalue weighted by molar-refractivity contribution is 0.332. The molecule has 0 bridgehead atoms. The first-order chi connectivity index (χ1) is 30.0. The molecule has 0 atom stereocenters. The van der Waals surface area contributed by atoms with Crippen LogP contribution in [0.1, 0.15) is 76.6 Å². The van der Waals surface area contributed by atoms with Gasteiger partial charge in [0.05, 0.1) is 11.0 Å². The van der Waals surface area contributed by atoms with Crippen LogP contribution in [-0.4, -0.2) is 19.5 Å². The van der Waals surface area contributed by atoms with Crippen molar-refractivity contribution >= 4 is 43.4 Å². The highest BCUT2D eigenvalue weighted by Gasteiger charge is 2.39. The molecule has 12 rings (SSSR count). The van der Waals surface area contributed by atoms with Crippen molar-refractivity contribution in [2.75, 3.05) is 0 Å². The second-order valence-electron chi connectivity index (χ2n) is 19.5. The van der Waals surface area contributed by atoms with Crippen LogP contribution >= 0.6 is 0 Å². The summed E-state index contributed by atoms with van der Waals surface area (Å²) in [5.41, 5.74) is 14.5. The average molecular weight is 801 g/mol. The number of hydrogen-bond acceptors (Lipinski definition) is 3. The van der Waals surface area contributed by atoms with Crippen LogP contribution in [0.15, 0.2) is 158 Å². The Labute approximate surface area is 363 Å². The number of fused-ring (bicyclic) bond motifs is 10. The smallest absolute Gasteiger partial charge is 0.164 e. The summed E-state index contributed by atoms with van der Waals surface area (Å²) in [5, 5.41) is 7.37. The summed E-state index contributed by atoms with van der Waals surface area (Å²) in [4.78, 5) is 16.1. The normalized spacial score (nSPS) is 15.8. The molecule has 62 heavy (non-hydrogen) atoms. The molecule has 2 aromatic heterocycles. The van der Waals surface area contributed by atoms with E-state index < -0.39 is 0 Å². The van der Waals surface area contributed by atoms with Crippen molar-refractivity contribution in [1.29, 1.82) is 0 Å². The van der Waals surface area contributed by atoms with E-state index >= 15 is 0 Å². The average Bonchev–Trinajstić information content (AvgIpc) is 3.75. The van der Waals surface area contributed by atoms with Crippen molar-refractivity contribution in [1.82, 2.24) is 19.5 Å². The SMILES string of the molecule is CC1(C)CCC(C)(C)c2cc3c(cc21)c1ccc2ccccc2c1n3-c1cccc(-c2nc(-c3ccc4ccccc4c3)nc(-c3cccc4c3-c3ccccc3C4(C)C)n2)c1. The van der Waals surface area contributed by atoms with E-state index in [-0.39, 0.29) is 16.2 Å². The minimum absolute atomic E-state index is 0.0675. The van der Waals surface area contributed by atoms with E-state index in [0.29, 0.717) is 17.5 Å². The van der Waals surface area contributed by atoms with Crippen LogP contribution in [0.25, 0.3) is 94.3 Å². The molecule has 4 nitrogen and oxygen atoms in total. The Balaban J connectivity index is 1.11.